The molecule has 0 aromatic carbocycles. The lowest BCUT2D eigenvalue weighted by molar-refractivity contribution is 0.267. The summed E-state index contributed by atoms with van der Waals surface area (Å²) < 4.78 is 0. The predicted octanol–water partition coefficient (Wildman–Crippen LogP) is 3.93. The Bertz CT molecular complexity index is 213. The molecule has 0 aliphatic carbocycles. The second-order valence-corrected chi connectivity index (χ2v) is 4.48. The summed E-state index contributed by atoms with van der Waals surface area (Å²) >= 11 is 1.10. The van der Waals surface area contributed by atoms with E-state index in [0.29, 0.717) is 0 Å². The van der Waals surface area contributed by atoms with Crippen LogP contribution in [-0.4, -0.2) is 17.1 Å². The second kappa shape index (κ2) is 11.5. The SMILES string of the molecule is CCCCCCCCCSC(=O)N=C=O. The van der Waals surface area contributed by atoms with Crippen molar-refractivity contribution in [2.24, 2.45) is 4.99 Å². The molecule has 0 heterocycles. The van der Waals surface area contributed by atoms with Crippen molar-refractivity contribution in [2.75, 3.05) is 5.75 Å². The normalized spacial score (nSPS) is 9.67. The third-order valence-corrected chi connectivity index (χ3v) is 2.94. The fourth-order valence-corrected chi connectivity index (χ4v) is 1.91. The van der Waals surface area contributed by atoms with Gasteiger partial charge in [-0.3, -0.25) is 4.79 Å². The Morgan fingerprint density at radius 2 is 1.73 bits per heavy atom. The van der Waals surface area contributed by atoms with E-state index in [-0.39, 0.29) is 0 Å². The molecule has 0 saturated heterocycles. The number of hydrogen-bond donors (Lipinski definition) is 0. The van der Waals surface area contributed by atoms with Crippen LogP contribution in [0.3, 0.4) is 0 Å². The number of unbranched alkanes of at least 4 members (excludes halogenated alkanes) is 6. The first-order valence-corrected chi connectivity index (χ1v) is 6.54. The van der Waals surface area contributed by atoms with Gasteiger partial charge in [0, 0.05) is 5.75 Å². The zero-order valence-electron chi connectivity index (χ0n) is 9.33. The molecule has 0 aromatic rings. The molecule has 0 N–H and O–H groups in total. The molecule has 0 rings (SSSR count). The Hall–Kier alpha value is -0.600. The summed E-state index contributed by atoms with van der Waals surface area (Å²) in [6.07, 6.45) is 9.88. The third-order valence-electron chi connectivity index (χ3n) is 2.11. The first kappa shape index (κ1) is 14.4. The first-order chi connectivity index (χ1) is 7.31. The lowest BCUT2D eigenvalue weighted by atomic mass is 10.1. The monoisotopic (exact) mass is 229 g/mol. The number of nitrogens with zero attached hydrogens (tertiary/aromatic N) is 1. The maximum atomic E-state index is 10.8. The number of carbonyl (C=O) groups excluding carboxylic acids is 2. The van der Waals surface area contributed by atoms with Crippen LogP contribution < -0.4 is 0 Å². The molecule has 86 valence electrons. The molecule has 0 unspecified atom stereocenters. The van der Waals surface area contributed by atoms with Gasteiger partial charge in [0.25, 0.3) is 0 Å². The van der Waals surface area contributed by atoms with E-state index in [2.05, 4.69) is 11.9 Å². The number of amides is 1. The maximum absolute atomic E-state index is 10.8. The van der Waals surface area contributed by atoms with Crippen molar-refractivity contribution in [3.63, 3.8) is 0 Å². The van der Waals surface area contributed by atoms with Crippen molar-refractivity contribution < 1.29 is 9.59 Å². The number of isocyanates is 1. The van der Waals surface area contributed by atoms with E-state index in [4.69, 9.17) is 0 Å². The summed E-state index contributed by atoms with van der Waals surface area (Å²) in [4.78, 5) is 23.5. The number of carbonyl (C=O) groups is 1. The number of aliphatic imine (C=N–C) groups is 1. The van der Waals surface area contributed by atoms with Crippen LogP contribution in [0.5, 0.6) is 0 Å². The Kier molecular flexibility index (Phi) is 11.0. The fourth-order valence-electron chi connectivity index (χ4n) is 1.29. The van der Waals surface area contributed by atoms with Gasteiger partial charge in [-0.1, -0.05) is 57.2 Å². The standard InChI is InChI=1S/C11H19NO2S/c1-2-3-4-5-6-7-8-9-15-11(14)12-10-13/h2-9H2,1H3. The maximum Gasteiger partial charge on any atom is 0.315 e. The highest BCUT2D eigenvalue weighted by atomic mass is 32.2. The first-order valence-electron chi connectivity index (χ1n) is 5.56. The van der Waals surface area contributed by atoms with E-state index in [9.17, 15) is 9.59 Å². The summed E-state index contributed by atoms with van der Waals surface area (Å²) in [5.74, 6) is 0.762. The molecule has 0 atom stereocenters. The lowest BCUT2D eigenvalue weighted by Gasteiger charge is -1.99. The second-order valence-electron chi connectivity index (χ2n) is 3.44. The number of rotatable bonds is 8. The molecule has 4 heteroatoms. The summed E-state index contributed by atoms with van der Waals surface area (Å²) in [7, 11) is 0. The minimum Gasteiger partial charge on any atom is -0.259 e. The molecular formula is C11H19NO2S. The van der Waals surface area contributed by atoms with Crippen LogP contribution in [0, 0.1) is 0 Å². The number of hydrogen-bond acceptors (Lipinski definition) is 3. The van der Waals surface area contributed by atoms with Gasteiger partial charge in [-0.25, -0.2) is 4.79 Å². The molecule has 0 radical (unpaired) electrons. The lowest BCUT2D eigenvalue weighted by Crippen LogP contribution is -1.87. The van der Waals surface area contributed by atoms with E-state index >= 15 is 0 Å². The van der Waals surface area contributed by atoms with E-state index in [1.54, 1.807) is 0 Å². The molecular weight excluding hydrogens is 210 g/mol. The average Bonchev–Trinajstić information content (AvgIpc) is 2.22. The molecule has 3 nitrogen and oxygen atoms in total. The zero-order valence-corrected chi connectivity index (χ0v) is 10.1. The Morgan fingerprint density at radius 1 is 1.13 bits per heavy atom. The Labute approximate surface area is 95.7 Å². The van der Waals surface area contributed by atoms with Crippen LogP contribution in [0.4, 0.5) is 4.79 Å². The van der Waals surface area contributed by atoms with Crippen molar-refractivity contribution in [1.29, 1.82) is 0 Å². The zero-order chi connectivity index (χ0) is 11.4. The van der Waals surface area contributed by atoms with Crippen molar-refractivity contribution in [1.82, 2.24) is 0 Å². The van der Waals surface area contributed by atoms with E-state index in [1.165, 1.54) is 38.2 Å². The van der Waals surface area contributed by atoms with E-state index in [0.717, 1.165) is 30.4 Å². The molecule has 15 heavy (non-hydrogen) atoms. The van der Waals surface area contributed by atoms with Gasteiger partial charge in [0.15, 0.2) is 0 Å². The van der Waals surface area contributed by atoms with Gasteiger partial charge in [-0.2, -0.15) is 0 Å². The van der Waals surface area contributed by atoms with Gasteiger partial charge < -0.3 is 0 Å². The average molecular weight is 229 g/mol. The van der Waals surface area contributed by atoms with Crippen molar-refractivity contribution >= 4 is 23.1 Å². The third kappa shape index (κ3) is 11.3. The van der Waals surface area contributed by atoms with E-state index in [1.807, 2.05) is 0 Å². The highest BCUT2D eigenvalue weighted by molar-refractivity contribution is 8.13. The van der Waals surface area contributed by atoms with Gasteiger partial charge in [-0.15, -0.1) is 4.99 Å². The van der Waals surface area contributed by atoms with Gasteiger partial charge in [0.1, 0.15) is 0 Å². The van der Waals surface area contributed by atoms with Gasteiger partial charge in [0.05, 0.1) is 0 Å². The van der Waals surface area contributed by atoms with Crippen LogP contribution in [0.15, 0.2) is 4.99 Å². The van der Waals surface area contributed by atoms with Crippen molar-refractivity contribution in [3.05, 3.63) is 0 Å². The van der Waals surface area contributed by atoms with Crippen LogP contribution in [0.1, 0.15) is 51.9 Å². The minimum atomic E-state index is -0.420. The summed E-state index contributed by atoms with van der Waals surface area (Å²) in [6.45, 7) is 2.20. The molecule has 0 aliphatic rings. The molecule has 0 bridgehead atoms. The van der Waals surface area contributed by atoms with Gasteiger partial charge in [-0.05, 0) is 6.42 Å². The largest absolute Gasteiger partial charge is 0.315 e. The minimum absolute atomic E-state index is 0.420. The Morgan fingerprint density at radius 3 is 2.33 bits per heavy atom. The fraction of sp³-hybridized carbons (Fsp3) is 0.818. The highest BCUT2D eigenvalue weighted by Crippen LogP contribution is 2.11. The predicted molar refractivity (Wildman–Crippen MR) is 64.0 cm³/mol. The summed E-state index contributed by atoms with van der Waals surface area (Å²) in [5.41, 5.74) is 0. The summed E-state index contributed by atoms with van der Waals surface area (Å²) in [6, 6.07) is 0. The van der Waals surface area contributed by atoms with Crippen LogP contribution in [-0.2, 0) is 4.79 Å². The van der Waals surface area contributed by atoms with Crippen LogP contribution >= 0.6 is 11.8 Å². The quantitative estimate of drug-likeness (QED) is 0.360. The van der Waals surface area contributed by atoms with E-state index < -0.39 is 5.24 Å². The molecule has 0 fully saturated rings. The Balaban J connectivity index is 3.11. The molecule has 0 aromatic heterocycles. The molecule has 0 saturated carbocycles. The highest BCUT2D eigenvalue weighted by Gasteiger charge is 1.98. The smallest absolute Gasteiger partial charge is 0.259 e. The van der Waals surface area contributed by atoms with Crippen LogP contribution in [0.25, 0.3) is 0 Å². The molecule has 0 spiro atoms. The topological polar surface area (TPSA) is 46.5 Å². The van der Waals surface area contributed by atoms with Crippen LogP contribution in [0.2, 0.25) is 0 Å². The van der Waals surface area contributed by atoms with Crippen molar-refractivity contribution in [3.8, 4) is 0 Å². The number of thioether (sulfide) groups is 1. The van der Waals surface area contributed by atoms with Crippen molar-refractivity contribution in [2.45, 2.75) is 51.9 Å². The molecule has 1 amide bonds. The molecule has 0 aliphatic heterocycles. The summed E-state index contributed by atoms with van der Waals surface area (Å²) in [5, 5.41) is -0.420. The van der Waals surface area contributed by atoms with Gasteiger partial charge >= 0.3 is 5.24 Å². The van der Waals surface area contributed by atoms with Gasteiger partial charge in [0.2, 0.25) is 6.08 Å².